The number of hydrogen-bond acceptors (Lipinski definition) is 5. The zero-order chi connectivity index (χ0) is 12.3. The second kappa shape index (κ2) is 5.09. The number of hydrogen-bond donors (Lipinski definition) is 0. The van der Waals surface area contributed by atoms with Gasteiger partial charge in [-0.05, 0) is 12.5 Å². The van der Waals surface area contributed by atoms with E-state index in [0.29, 0.717) is 4.88 Å². The standard InChI is InChI=1S/C11H13N3O2S/c1-3-6-14-8(4-5-13-14)10-12-7-9(17-10)11(15)16-2/h4-5,7H,3,6H2,1-2H3. The van der Waals surface area contributed by atoms with Crippen LogP contribution in [0.25, 0.3) is 10.7 Å². The van der Waals surface area contributed by atoms with E-state index < -0.39 is 0 Å². The number of nitrogens with zero attached hydrogens (tertiary/aromatic N) is 3. The van der Waals surface area contributed by atoms with Crippen LogP contribution in [0, 0.1) is 0 Å². The lowest BCUT2D eigenvalue weighted by Gasteiger charge is -2.02. The third-order valence-corrected chi connectivity index (χ3v) is 3.26. The van der Waals surface area contributed by atoms with Gasteiger partial charge >= 0.3 is 5.97 Å². The molecule has 2 aromatic heterocycles. The van der Waals surface area contributed by atoms with Crippen molar-refractivity contribution in [1.82, 2.24) is 14.8 Å². The first-order chi connectivity index (χ1) is 8.26. The largest absolute Gasteiger partial charge is 0.465 e. The third kappa shape index (κ3) is 2.36. The maximum Gasteiger partial charge on any atom is 0.349 e. The minimum absolute atomic E-state index is 0.352. The van der Waals surface area contributed by atoms with Crippen molar-refractivity contribution < 1.29 is 9.53 Å². The molecule has 0 saturated carbocycles. The zero-order valence-electron chi connectivity index (χ0n) is 9.71. The minimum atomic E-state index is -0.352. The summed E-state index contributed by atoms with van der Waals surface area (Å²) in [6, 6.07) is 1.90. The van der Waals surface area contributed by atoms with E-state index >= 15 is 0 Å². The number of esters is 1. The van der Waals surface area contributed by atoms with Crippen LogP contribution in [-0.4, -0.2) is 27.8 Å². The minimum Gasteiger partial charge on any atom is -0.465 e. The Morgan fingerprint density at radius 1 is 1.59 bits per heavy atom. The van der Waals surface area contributed by atoms with E-state index in [4.69, 9.17) is 0 Å². The SMILES string of the molecule is CCCn1nccc1-c1ncc(C(=O)OC)s1. The number of carbonyl (C=O) groups excluding carboxylic acids is 1. The molecule has 5 nitrogen and oxygen atoms in total. The fourth-order valence-corrected chi connectivity index (χ4v) is 2.36. The van der Waals surface area contributed by atoms with Gasteiger partial charge in [0.1, 0.15) is 9.88 Å². The molecule has 0 radical (unpaired) electrons. The second-order valence-corrected chi connectivity index (χ2v) is 4.49. The van der Waals surface area contributed by atoms with Gasteiger partial charge in [-0.2, -0.15) is 5.10 Å². The maximum atomic E-state index is 11.3. The lowest BCUT2D eigenvalue weighted by atomic mass is 10.4. The molecule has 2 aromatic rings. The normalized spacial score (nSPS) is 10.5. The van der Waals surface area contributed by atoms with Crippen molar-refractivity contribution in [2.24, 2.45) is 0 Å². The summed E-state index contributed by atoms with van der Waals surface area (Å²) in [7, 11) is 1.36. The van der Waals surface area contributed by atoms with Crippen LogP contribution in [0.5, 0.6) is 0 Å². The molecular weight excluding hydrogens is 238 g/mol. The molecule has 0 aromatic carbocycles. The monoisotopic (exact) mass is 251 g/mol. The molecule has 0 N–H and O–H groups in total. The average molecular weight is 251 g/mol. The molecule has 0 saturated heterocycles. The molecule has 6 heteroatoms. The van der Waals surface area contributed by atoms with E-state index in [-0.39, 0.29) is 5.97 Å². The molecule has 0 aliphatic carbocycles. The highest BCUT2D eigenvalue weighted by Gasteiger charge is 2.14. The van der Waals surface area contributed by atoms with Gasteiger partial charge in [0.2, 0.25) is 0 Å². The van der Waals surface area contributed by atoms with Crippen molar-refractivity contribution in [3.8, 4) is 10.7 Å². The first kappa shape index (κ1) is 11.8. The molecular formula is C11H13N3O2S. The summed E-state index contributed by atoms with van der Waals surface area (Å²) in [5.74, 6) is -0.352. The number of aryl methyl sites for hydroxylation is 1. The van der Waals surface area contributed by atoms with E-state index in [1.54, 1.807) is 6.20 Å². The Kier molecular flexibility index (Phi) is 3.53. The predicted molar refractivity (Wildman–Crippen MR) is 65.0 cm³/mol. The van der Waals surface area contributed by atoms with Crippen LogP contribution < -0.4 is 0 Å². The summed E-state index contributed by atoms with van der Waals surface area (Å²) in [6.45, 7) is 2.93. The molecule has 0 aliphatic rings. The fourth-order valence-electron chi connectivity index (χ4n) is 1.49. The van der Waals surface area contributed by atoms with Crippen molar-refractivity contribution in [2.75, 3.05) is 7.11 Å². The molecule has 2 heterocycles. The van der Waals surface area contributed by atoms with Crippen LogP contribution in [0.1, 0.15) is 23.0 Å². The number of aromatic nitrogens is 3. The fraction of sp³-hybridized carbons (Fsp3) is 0.364. The van der Waals surface area contributed by atoms with Gasteiger partial charge in [-0.15, -0.1) is 11.3 Å². The van der Waals surface area contributed by atoms with Crippen LogP contribution in [-0.2, 0) is 11.3 Å². The molecule has 0 atom stereocenters. The quantitative estimate of drug-likeness (QED) is 0.782. The van der Waals surface area contributed by atoms with Crippen molar-refractivity contribution >= 4 is 17.3 Å². The molecule has 90 valence electrons. The molecule has 0 aliphatic heterocycles. The Labute approximate surface area is 103 Å². The lowest BCUT2D eigenvalue weighted by molar-refractivity contribution is 0.0606. The van der Waals surface area contributed by atoms with Crippen LogP contribution >= 0.6 is 11.3 Å². The first-order valence-electron chi connectivity index (χ1n) is 5.32. The molecule has 0 bridgehead atoms. The predicted octanol–water partition coefficient (Wildman–Crippen LogP) is 2.20. The number of methoxy groups -OCH3 is 1. The van der Waals surface area contributed by atoms with Gasteiger partial charge in [-0.25, -0.2) is 9.78 Å². The van der Waals surface area contributed by atoms with Crippen LogP contribution in [0.15, 0.2) is 18.5 Å². The summed E-state index contributed by atoms with van der Waals surface area (Å²) in [5.41, 5.74) is 0.937. The summed E-state index contributed by atoms with van der Waals surface area (Å²) in [4.78, 5) is 16.1. The second-order valence-electron chi connectivity index (χ2n) is 3.46. The topological polar surface area (TPSA) is 57.0 Å². The van der Waals surface area contributed by atoms with Crippen LogP contribution in [0.3, 0.4) is 0 Å². The number of thiazole rings is 1. The smallest absolute Gasteiger partial charge is 0.349 e. The summed E-state index contributed by atoms with van der Waals surface area (Å²) >= 11 is 1.32. The highest BCUT2D eigenvalue weighted by Crippen LogP contribution is 2.25. The molecule has 17 heavy (non-hydrogen) atoms. The van der Waals surface area contributed by atoms with E-state index in [1.165, 1.54) is 24.6 Å². The average Bonchev–Trinajstić information content (AvgIpc) is 2.96. The number of ether oxygens (including phenoxy) is 1. The van der Waals surface area contributed by atoms with E-state index in [9.17, 15) is 4.79 Å². The van der Waals surface area contributed by atoms with Crippen molar-refractivity contribution in [3.63, 3.8) is 0 Å². The van der Waals surface area contributed by atoms with Gasteiger partial charge in [-0.1, -0.05) is 6.92 Å². The Hall–Kier alpha value is -1.69. The zero-order valence-corrected chi connectivity index (χ0v) is 10.5. The third-order valence-electron chi connectivity index (χ3n) is 2.26. The lowest BCUT2D eigenvalue weighted by Crippen LogP contribution is -2.00. The number of carbonyl (C=O) groups is 1. The van der Waals surface area contributed by atoms with E-state index in [0.717, 1.165) is 23.7 Å². The summed E-state index contributed by atoms with van der Waals surface area (Å²) in [6.07, 6.45) is 4.28. The molecule has 0 unspecified atom stereocenters. The van der Waals surface area contributed by atoms with Crippen molar-refractivity contribution in [3.05, 3.63) is 23.3 Å². The van der Waals surface area contributed by atoms with E-state index in [2.05, 4.69) is 21.7 Å². The van der Waals surface area contributed by atoms with Gasteiger partial charge in [0, 0.05) is 12.7 Å². The molecule has 2 rings (SSSR count). The van der Waals surface area contributed by atoms with Crippen LogP contribution in [0.2, 0.25) is 0 Å². The summed E-state index contributed by atoms with van der Waals surface area (Å²) in [5, 5.41) is 5.01. The van der Waals surface area contributed by atoms with Gasteiger partial charge in [0.25, 0.3) is 0 Å². The maximum absolute atomic E-state index is 11.3. The van der Waals surface area contributed by atoms with Crippen molar-refractivity contribution in [1.29, 1.82) is 0 Å². The Bertz CT molecular complexity index is 518. The van der Waals surface area contributed by atoms with Crippen molar-refractivity contribution in [2.45, 2.75) is 19.9 Å². The Morgan fingerprint density at radius 2 is 2.41 bits per heavy atom. The first-order valence-corrected chi connectivity index (χ1v) is 6.14. The molecule has 0 amide bonds. The van der Waals surface area contributed by atoms with Gasteiger partial charge < -0.3 is 4.74 Å². The highest BCUT2D eigenvalue weighted by molar-refractivity contribution is 7.16. The van der Waals surface area contributed by atoms with Crippen LogP contribution in [0.4, 0.5) is 0 Å². The Balaban J connectivity index is 2.30. The van der Waals surface area contributed by atoms with Gasteiger partial charge in [0.15, 0.2) is 0 Å². The highest BCUT2D eigenvalue weighted by atomic mass is 32.1. The molecule has 0 fully saturated rings. The molecule has 0 spiro atoms. The van der Waals surface area contributed by atoms with E-state index in [1.807, 2.05) is 10.7 Å². The van der Waals surface area contributed by atoms with Gasteiger partial charge in [0.05, 0.1) is 19.0 Å². The summed E-state index contributed by atoms with van der Waals surface area (Å²) < 4.78 is 6.54. The van der Waals surface area contributed by atoms with Gasteiger partial charge in [-0.3, -0.25) is 4.68 Å². The Morgan fingerprint density at radius 3 is 3.12 bits per heavy atom. The number of rotatable bonds is 4.